The van der Waals surface area contributed by atoms with E-state index >= 15 is 0 Å². The van der Waals surface area contributed by atoms with Crippen molar-refractivity contribution in [3.8, 4) is 0 Å². The maximum atomic E-state index is 13.6. The lowest BCUT2D eigenvalue weighted by Gasteiger charge is -2.36. The number of carbonyl (C=O) groups is 1. The van der Waals surface area contributed by atoms with Crippen molar-refractivity contribution < 1.29 is 14.6 Å². The number of hydrogen-bond acceptors (Lipinski definition) is 5. The summed E-state index contributed by atoms with van der Waals surface area (Å²) in [5.41, 5.74) is 2.56. The number of pyridine rings is 1. The Labute approximate surface area is 181 Å². The third-order valence-corrected chi connectivity index (χ3v) is 6.48. The number of halogens is 1. The molecule has 1 aromatic carbocycles. The topological polar surface area (TPSA) is 77.8 Å². The fourth-order valence-corrected chi connectivity index (χ4v) is 4.73. The smallest absolute Gasteiger partial charge is 0.260 e. The Kier molecular flexibility index (Phi) is 5.80. The number of amides is 1. The molecule has 6 nitrogen and oxygen atoms in total. The predicted octanol–water partition coefficient (Wildman–Crippen LogP) is 2.78. The van der Waals surface area contributed by atoms with Crippen molar-refractivity contribution in [3.05, 3.63) is 63.9 Å². The lowest BCUT2D eigenvalue weighted by molar-refractivity contribution is -0.225. The number of likely N-dealkylation sites (tertiary alicyclic amines) is 1. The fourth-order valence-electron chi connectivity index (χ4n) is 4.53. The summed E-state index contributed by atoms with van der Waals surface area (Å²) in [6.45, 7) is 2.75. The second-order valence-corrected chi connectivity index (χ2v) is 8.35. The molecular weight excluding hydrogens is 402 g/mol. The molecule has 1 fully saturated rings. The van der Waals surface area contributed by atoms with Gasteiger partial charge in [-0.2, -0.15) is 0 Å². The number of rotatable bonds is 5. The maximum absolute atomic E-state index is 13.6. The molecule has 2 unspecified atom stereocenters. The quantitative estimate of drug-likeness (QED) is 0.544. The normalized spacial score (nSPS) is 23.6. The summed E-state index contributed by atoms with van der Waals surface area (Å²) in [5.74, 6) is -0.433. The van der Waals surface area contributed by atoms with Crippen LogP contribution in [-0.2, 0) is 28.1 Å². The molecule has 1 saturated heterocycles. The van der Waals surface area contributed by atoms with Gasteiger partial charge < -0.3 is 14.7 Å². The van der Waals surface area contributed by atoms with Crippen LogP contribution in [0, 0.1) is 6.92 Å². The lowest BCUT2D eigenvalue weighted by atomic mass is 9.94. The number of hydrogen-bond donors (Lipinski definition) is 0. The zero-order chi connectivity index (χ0) is 21.3. The van der Waals surface area contributed by atoms with E-state index in [1.807, 2.05) is 37.3 Å². The Morgan fingerprint density at radius 3 is 3.07 bits per heavy atom. The molecule has 2 atom stereocenters. The molecule has 4 rings (SSSR count). The zero-order valence-corrected chi connectivity index (χ0v) is 18.0. The first kappa shape index (κ1) is 20.8. The highest BCUT2D eigenvalue weighted by Crippen LogP contribution is 2.41. The number of aryl methyl sites for hydroxylation is 2. The van der Waals surface area contributed by atoms with E-state index in [4.69, 9.17) is 16.3 Å². The molecule has 158 valence electrons. The van der Waals surface area contributed by atoms with Crippen LogP contribution in [0.2, 0.25) is 5.02 Å². The number of fused-ring (bicyclic) bond motifs is 1. The van der Waals surface area contributed by atoms with Crippen LogP contribution in [0.15, 0.2) is 41.5 Å². The minimum Gasteiger partial charge on any atom is -0.861 e. The van der Waals surface area contributed by atoms with Crippen LogP contribution in [0.4, 0.5) is 0 Å². The van der Waals surface area contributed by atoms with E-state index in [1.54, 1.807) is 18.2 Å². The highest BCUT2D eigenvalue weighted by molar-refractivity contribution is 6.30. The molecule has 0 radical (unpaired) electrons. The predicted molar refractivity (Wildman–Crippen MR) is 113 cm³/mol. The van der Waals surface area contributed by atoms with Gasteiger partial charge >= 0.3 is 0 Å². The van der Waals surface area contributed by atoms with Crippen LogP contribution in [0.3, 0.4) is 0 Å². The van der Waals surface area contributed by atoms with E-state index in [-0.39, 0.29) is 18.3 Å². The molecule has 0 spiro atoms. The SMILES string of the molecule is COC1(C(=O)N2CCCC2C([O-])=NCc2cc(Cl)ccc2C)CCc2ncccc21. The van der Waals surface area contributed by atoms with Gasteiger partial charge in [-0.3, -0.25) is 14.8 Å². The van der Waals surface area contributed by atoms with E-state index in [1.165, 1.54) is 0 Å². The zero-order valence-electron chi connectivity index (χ0n) is 17.2. The molecule has 1 amide bonds. The van der Waals surface area contributed by atoms with E-state index in [2.05, 4.69) is 9.98 Å². The highest BCUT2D eigenvalue weighted by atomic mass is 35.5. The van der Waals surface area contributed by atoms with E-state index < -0.39 is 11.6 Å². The van der Waals surface area contributed by atoms with Crippen molar-refractivity contribution in [2.24, 2.45) is 4.99 Å². The van der Waals surface area contributed by atoms with Gasteiger partial charge in [0.15, 0.2) is 5.60 Å². The molecule has 0 N–H and O–H groups in total. The minimum atomic E-state index is -1.07. The van der Waals surface area contributed by atoms with Crippen LogP contribution in [0.5, 0.6) is 0 Å². The summed E-state index contributed by atoms with van der Waals surface area (Å²) < 4.78 is 5.80. The van der Waals surface area contributed by atoms with Gasteiger partial charge in [-0.05, 0) is 67.8 Å². The standard InChI is InChI=1S/C23H26ClN3O3/c1-15-7-8-17(24)13-16(15)14-26-21(28)20-6-4-12-27(20)22(29)23(30-2)10-9-19-18(23)5-3-11-25-19/h3,5,7-8,11,13,20H,4,6,9-10,12,14H2,1-2H3,(H,26,28)/p-1. The molecule has 0 saturated carbocycles. The highest BCUT2D eigenvalue weighted by Gasteiger charge is 2.50. The Balaban J connectivity index is 1.57. The van der Waals surface area contributed by atoms with E-state index in [9.17, 15) is 9.90 Å². The Morgan fingerprint density at radius 1 is 1.43 bits per heavy atom. The monoisotopic (exact) mass is 426 g/mol. The summed E-state index contributed by atoms with van der Waals surface area (Å²) in [7, 11) is 1.55. The van der Waals surface area contributed by atoms with Crippen molar-refractivity contribution in [2.75, 3.05) is 13.7 Å². The number of aliphatic imine (C=N–C) groups is 1. The van der Waals surface area contributed by atoms with Crippen molar-refractivity contribution in [3.63, 3.8) is 0 Å². The average Bonchev–Trinajstić information content (AvgIpc) is 3.39. The first-order chi connectivity index (χ1) is 14.5. The van der Waals surface area contributed by atoms with Crippen molar-refractivity contribution in [1.29, 1.82) is 0 Å². The van der Waals surface area contributed by atoms with Crippen LogP contribution in [-0.4, -0.2) is 41.4 Å². The first-order valence-corrected chi connectivity index (χ1v) is 10.6. The van der Waals surface area contributed by atoms with Crippen molar-refractivity contribution >= 4 is 23.4 Å². The van der Waals surface area contributed by atoms with Gasteiger partial charge in [-0.25, -0.2) is 0 Å². The summed E-state index contributed by atoms with van der Waals surface area (Å²) in [6.07, 6.45) is 4.33. The van der Waals surface area contributed by atoms with Crippen LogP contribution >= 0.6 is 11.6 Å². The van der Waals surface area contributed by atoms with Crippen LogP contribution < -0.4 is 5.11 Å². The number of methoxy groups -OCH3 is 1. The van der Waals surface area contributed by atoms with Gasteiger partial charge in [0.2, 0.25) is 0 Å². The minimum absolute atomic E-state index is 0.165. The third kappa shape index (κ3) is 3.59. The van der Waals surface area contributed by atoms with Gasteiger partial charge in [-0.15, -0.1) is 0 Å². The number of nitrogens with zero attached hydrogens (tertiary/aromatic N) is 3. The average molecular weight is 427 g/mol. The molecule has 2 heterocycles. The molecule has 1 aliphatic heterocycles. The molecule has 0 bridgehead atoms. The van der Waals surface area contributed by atoms with Crippen LogP contribution in [0.25, 0.3) is 0 Å². The van der Waals surface area contributed by atoms with Gasteiger partial charge in [0.25, 0.3) is 5.91 Å². The summed E-state index contributed by atoms with van der Waals surface area (Å²) in [4.78, 5) is 24.0. The number of benzene rings is 1. The van der Waals surface area contributed by atoms with Gasteiger partial charge in [0.05, 0.1) is 12.6 Å². The van der Waals surface area contributed by atoms with Gasteiger partial charge in [0.1, 0.15) is 0 Å². The number of carbonyl (C=O) groups excluding carboxylic acids is 1. The van der Waals surface area contributed by atoms with Crippen molar-refractivity contribution in [2.45, 2.75) is 50.8 Å². The van der Waals surface area contributed by atoms with Gasteiger partial charge in [0, 0.05) is 36.1 Å². The molecule has 2 aliphatic rings. The first-order valence-electron chi connectivity index (χ1n) is 10.2. The largest absolute Gasteiger partial charge is 0.861 e. The van der Waals surface area contributed by atoms with Crippen LogP contribution in [0.1, 0.15) is 41.6 Å². The molecule has 1 aliphatic carbocycles. The lowest BCUT2D eigenvalue weighted by Crippen LogP contribution is -2.53. The summed E-state index contributed by atoms with van der Waals surface area (Å²) >= 11 is 6.07. The second kappa shape index (κ2) is 8.36. The molecule has 30 heavy (non-hydrogen) atoms. The second-order valence-electron chi connectivity index (χ2n) is 7.91. The Bertz CT molecular complexity index is 993. The van der Waals surface area contributed by atoms with E-state index in [0.29, 0.717) is 30.8 Å². The Hall–Kier alpha value is -2.44. The fraction of sp³-hybridized carbons (Fsp3) is 0.435. The van der Waals surface area contributed by atoms with E-state index in [0.717, 1.165) is 28.8 Å². The number of aromatic nitrogens is 1. The molecule has 1 aromatic heterocycles. The molecule has 2 aromatic rings. The summed E-state index contributed by atoms with van der Waals surface area (Å²) in [5, 5.41) is 13.6. The number of ether oxygens (including phenoxy) is 1. The third-order valence-electron chi connectivity index (χ3n) is 6.25. The molecule has 7 heteroatoms. The Morgan fingerprint density at radius 2 is 2.27 bits per heavy atom. The van der Waals surface area contributed by atoms with Crippen molar-refractivity contribution in [1.82, 2.24) is 9.88 Å². The van der Waals surface area contributed by atoms with Gasteiger partial charge in [-0.1, -0.05) is 23.7 Å². The molecular formula is C23H25ClN3O3-. The summed E-state index contributed by atoms with van der Waals surface area (Å²) in [6, 6.07) is 8.73. The maximum Gasteiger partial charge on any atom is 0.260 e.